The van der Waals surface area contributed by atoms with Gasteiger partial charge in [0.25, 0.3) is 0 Å². The lowest BCUT2D eigenvalue weighted by molar-refractivity contribution is -0.115. The predicted octanol–water partition coefficient (Wildman–Crippen LogP) is 1.70. The van der Waals surface area contributed by atoms with Crippen molar-refractivity contribution >= 4 is 5.78 Å². The Balaban J connectivity index is 2.01. The minimum Gasteiger partial charge on any atom is -0.373 e. The summed E-state index contributed by atoms with van der Waals surface area (Å²) in [7, 11) is 0. The molecule has 0 radical (unpaired) electrons. The van der Waals surface area contributed by atoms with Crippen molar-refractivity contribution in [3.8, 4) is 0 Å². The van der Waals surface area contributed by atoms with Crippen LogP contribution >= 0.6 is 0 Å². The van der Waals surface area contributed by atoms with Gasteiger partial charge >= 0.3 is 0 Å². The molecule has 1 fully saturated rings. The second-order valence-corrected chi connectivity index (χ2v) is 3.05. The summed E-state index contributed by atoms with van der Waals surface area (Å²) < 4.78 is 5.02. The normalized spacial score (nSPS) is 21.4. The summed E-state index contributed by atoms with van der Waals surface area (Å²) >= 11 is 0. The van der Waals surface area contributed by atoms with E-state index in [9.17, 15) is 4.79 Å². The van der Waals surface area contributed by atoms with Crippen molar-refractivity contribution in [1.82, 2.24) is 0 Å². The Morgan fingerprint density at radius 1 is 1.73 bits per heavy atom. The molecule has 1 aliphatic heterocycles. The zero-order valence-corrected chi connectivity index (χ0v) is 6.93. The maximum absolute atomic E-state index is 11.0. The van der Waals surface area contributed by atoms with Crippen molar-refractivity contribution < 1.29 is 9.53 Å². The van der Waals surface area contributed by atoms with Crippen LogP contribution in [-0.4, -0.2) is 18.5 Å². The smallest absolute Gasteiger partial charge is 0.157 e. The quantitative estimate of drug-likeness (QED) is 0.445. The van der Waals surface area contributed by atoms with Gasteiger partial charge in [-0.25, -0.2) is 0 Å². The maximum Gasteiger partial charge on any atom is 0.157 e. The first-order valence-electron chi connectivity index (χ1n) is 4.00. The van der Waals surface area contributed by atoms with E-state index in [4.69, 9.17) is 4.74 Å². The molecule has 0 saturated carbocycles. The maximum atomic E-state index is 11.0. The van der Waals surface area contributed by atoms with Gasteiger partial charge in [0.15, 0.2) is 5.78 Å². The zero-order chi connectivity index (χ0) is 8.27. The SMILES string of the molecule is C=C(C)C(=O)CCCC1CO1. The Hall–Kier alpha value is -0.630. The van der Waals surface area contributed by atoms with Crippen LogP contribution in [-0.2, 0) is 9.53 Å². The van der Waals surface area contributed by atoms with Crippen LogP contribution in [0.4, 0.5) is 0 Å². The molecule has 0 aliphatic carbocycles. The van der Waals surface area contributed by atoms with E-state index in [1.165, 1.54) is 0 Å². The minimum absolute atomic E-state index is 0.186. The lowest BCUT2D eigenvalue weighted by Crippen LogP contribution is -1.98. The van der Waals surface area contributed by atoms with Crippen LogP contribution in [0.5, 0.6) is 0 Å². The number of hydrogen-bond donors (Lipinski definition) is 0. The number of rotatable bonds is 5. The molecule has 1 heterocycles. The topological polar surface area (TPSA) is 29.6 Å². The van der Waals surface area contributed by atoms with E-state index in [1.807, 2.05) is 0 Å². The van der Waals surface area contributed by atoms with Crippen molar-refractivity contribution in [2.45, 2.75) is 32.3 Å². The van der Waals surface area contributed by atoms with Gasteiger partial charge in [0.05, 0.1) is 12.7 Å². The number of carbonyl (C=O) groups excluding carboxylic acids is 1. The van der Waals surface area contributed by atoms with E-state index in [-0.39, 0.29) is 5.78 Å². The first-order chi connectivity index (χ1) is 5.20. The van der Waals surface area contributed by atoms with Gasteiger partial charge in [-0.3, -0.25) is 4.79 Å². The molecule has 1 aliphatic rings. The summed E-state index contributed by atoms with van der Waals surface area (Å²) in [5, 5.41) is 0. The molecule has 0 spiro atoms. The third-order valence-electron chi connectivity index (χ3n) is 1.81. The standard InChI is InChI=1S/C9H14O2/c1-7(2)9(10)5-3-4-8-6-11-8/h8H,1,3-6H2,2H3. The predicted molar refractivity (Wildman–Crippen MR) is 43.4 cm³/mol. The summed E-state index contributed by atoms with van der Waals surface area (Å²) in [6.07, 6.45) is 3.05. The van der Waals surface area contributed by atoms with Gasteiger partial charge in [-0.15, -0.1) is 0 Å². The fourth-order valence-corrected chi connectivity index (χ4v) is 0.938. The molecule has 1 atom stereocenters. The number of ketones is 1. The molecule has 62 valence electrons. The fourth-order valence-electron chi connectivity index (χ4n) is 0.938. The fraction of sp³-hybridized carbons (Fsp3) is 0.667. The first-order valence-corrected chi connectivity index (χ1v) is 4.00. The molecule has 11 heavy (non-hydrogen) atoms. The van der Waals surface area contributed by atoms with Crippen molar-refractivity contribution in [3.63, 3.8) is 0 Å². The van der Waals surface area contributed by atoms with E-state index in [0.29, 0.717) is 18.1 Å². The third kappa shape index (κ3) is 3.33. The number of hydrogen-bond acceptors (Lipinski definition) is 2. The minimum atomic E-state index is 0.186. The molecular weight excluding hydrogens is 140 g/mol. The zero-order valence-electron chi connectivity index (χ0n) is 6.93. The average molecular weight is 154 g/mol. The van der Waals surface area contributed by atoms with Crippen LogP contribution in [0, 0.1) is 0 Å². The molecule has 1 rings (SSSR count). The summed E-state index contributed by atoms with van der Waals surface area (Å²) in [4.78, 5) is 11.0. The molecular formula is C9H14O2. The Bertz CT molecular complexity index is 168. The van der Waals surface area contributed by atoms with Crippen LogP contribution in [0.15, 0.2) is 12.2 Å². The molecule has 0 bridgehead atoms. The van der Waals surface area contributed by atoms with Gasteiger partial charge in [0.2, 0.25) is 0 Å². The summed E-state index contributed by atoms with van der Waals surface area (Å²) in [5.41, 5.74) is 0.668. The third-order valence-corrected chi connectivity index (χ3v) is 1.81. The van der Waals surface area contributed by atoms with Crippen LogP contribution in [0.3, 0.4) is 0 Å². The summed E-state index contributed by atoms with van der Waals surface area (Å²) in [6, 6.07) is 0. The van der Waals surface area contributed by atoms with Gasteiger partial charge in [-0.05, 0) is 25.3 Å². The van der Waals surface area contributed by atoms with E-state index < -0.39 is 0 Å². The first kappa shape index (κ1) is 8.47. The number of epoxide rings is 1. The molecule has 0 aromatic heterocycles. The monoisotopic (exact) mass is 154 g/mol. The number of Topliss-reactive ketones (excluding diaryl/α,β-unsaturated/α-hetero) is 1. The Morgan fingerprint density at radius 2 is 2.36 bits per heavy atom. The molecule has 0 N–H and O–H groups in total. The largest absolute Gasteiger partial charge is 0.373 e. The second-order valence-electron chi connectivity index (χ2n) is 3.05. The highest BCUT2D eigenvalue weighted by molar-refractivity contribution is 5.93. The number of ether oxygens (including phenoxy) is 1. The van der Waals surface area contributed by atoms with Crippen molar-refractivity contribution in [3.05, 3.63) is 12.2 Å². The van der Waals surface area contributed by atoms with E-state index in [1.54, 1.807) is 6.92 Å². The van der Waals surface area contributed by atoms with Crippen LogP contribution < -0.4 is 0 Å². The number of carbonyl (C=O) groups is 1. The van der Waals surface area contributed by atoms with Crippen LogP contribution in [0.25, 0.3) is 0 Å². The lowest BCUT2D eigenvalue weighted by atomic mass is 10.1. The van der Waals surface area contributed by atoms with Gasteiger partial charge in [0.1, 0.15) is 0 Å². The van der Waals surface area contributed by atoms with Gasteiger partial charge in [0, 0.05) is 6.42 Å². The number of allylic oxidation sites excluding steroid dienone is 1. The second kappa shape index (κ2) is 3.67. The van der Waals surface area contributed by atoms with Crippen LogP contribution in [0.1, 0.15) is 26.2 Å². The molecule has 2 heteroatoms. The van der Waals surface area contributed by atoms with Crippen molar-refractivity contribution in [2.75, 3.05) is 6.61 Å². The van der Waals surface area contributed by atoms with E-state index in [0.717, 1.165) is 19.4 Å². The summed E-state index contributed by atoms with van der Waals surface area (Å²) in [5.74, 6) is 0.186. The van der Waals surface area contributed by atoms with Crippen molar-refractivity contribution in [1.29, 1.82) is 0 Å². The highest BCUT2D eigenvalue weighted by atomic mass is 16.6. The van der Waals surface area contributed by atoms with Gasteiger partial charge < -0.3 is 4.74 Å². The molecule has 1 saturated heterocycles. The highest BCUT2D eigenvalue weighted by Gasteiger charge is 2.21. The Labute approximate surface area is 67.2 Å². The highest BCUT2D eigenvalue weighted by Crippen LogP contribution is 2.16. The molecule has 0 aromatic carbocycles. The lowest BCUT2D eigenvalue weighted by Gasteiger charge is -1.96. The van der Waals surface area contributed by atoms with Gasteiger partial charge in [-0.1, -0.05) is 6.58 Å². The van der Waals surface area contributed by atoms with Gasteiger partial charge in [-0.2, -0.15) is 0 Å². The van der Waals surface area contributed by atoms with Crippen LogP contribution in [0.2, 0.25) is 0 Å². The molecule has 0 aromatic rings. The average Bonchev–Trinajstić information content (AvgIpc) is 2.71. The molecule has 2 nitrogen and oxygen atoms in total. The molecule has 1 unspecified atom stereocenters. The Kier molecular flexibility index (Phi) is 2.83. The van der Waals surface area contributed by atoms with E-state index in [2.05, 4.69) is 6.58 Å². The van der Waals surface area contributed by atoms with E-state index >= 15 is 0 Å². The molecule has 0 amide bonds. The Morgan fingerprint density at radius 3 is 2.82 bits per heavy atom. The summed E-state index contributed by atoms with van der Waals surface area (Å²) in [6.45, 7) is 6.24. The van der Waals surface area contributed by atoms with Crippen molar-refractivity contribution in [2.24, 2.45) is 0 Å².